The molecule has 0 amide bonds. The number of benzene rings is 1. The van der Waals surface area contributed by atoms with Crippen LogP contribution in [-0.2, 0) is 13.1 Å². The average molecular weight is 304 g/mol. The molecule has 0 spiro atoms. The molecule has 0 aliphatic rings. The summed E-state index contributed by atoms with van der Waals surface area (Å²) in [7, 11) is 0. The summed E-state index contributed by atoms with van der Waals surface area (Å²) < 4.78 is 0. The maximum absolute atomic E-state index is 5.78. The molecule has 0 bridgehead atoms. The van der Waals surface area contributed by atoms with E-state index >= 15 is 0 Å². The Morgan fingerprint density at radius 1 is 0.909 bits per heavy atom. The maximum atomic E-state index is 5.78. The van der Waals surface area contributed by atoms with E-state index < -0.39 is 0 Å². The highest BCUT2D eigenvalue weighted by Crippen LogP contribution is 2.07. The van der Waals surface area contributed by atoms with E-state index in [0.717, 1.165) is 37.1 Å². The fourth-order valence-electron chi connectivity index (χ4n) is 1.80. The van der Waals surface area contributed by atoms with Crippen LogP contribution in [0.5, 0.6) is 0 Å². The van der Waals surface area contributed by atoms with Crippen LogP contribution in [0.1, 0.15) is 37.8 Å². The quantitative estimate of drug-likeness (QED) is 0.430. The summed E-state index contributed by atoms with van der Waals surface area (Å²) in [5, 5.41) is 6.12. The van der Waals surface area contributed by atoms with Gasteiger partial charge in [-0.15, -0.1) is 0 Å². The molecular weight excluding hydrogens is 276 g/mol. The second-order valence-corrected chi connectivity index (χ2v) is 5.08. The van der Waals surface area contributed by atoms with Gasteiger partial charge in [0.1, 0.15) is 0 Å². The highest BCUT2D eigenvalue weighted by molar-refractivity contribution is 5.78. The van der Waals surface area contributed by atoms with E-state index in [1.807, 2.05) is 18.2 Å². The summed E-state index contributed by atoms with van der Waals surface area (Å²) in [5.41, 5.74) is 13.8. The molecule has 0 radical (unpaired) electrons. The lowest BCUT2D eigenvalue weighted by Gasteiger charge is -2.06. The fourth-order valence-corrected chi connectivity index (χ4v) is 1.80. The van der Waals surface area contributed by atoms with Gasteiger partial charge >= 0.3 is 0 Å². The normalized spacial score (nSPS) is 12.3. The van der Waals surface area contributed by atoms with Crippen LogP contribution in [0.25, 0.3) is 0 Å². The first-order chi connectivity index (χ1) is 10.7. The molecule has 6 heteroatoms. The van der Waals surface area contributed by atoms with Gasteiger partial charge in [0.25, 0.3) is 0 Å². The van der Waals surface area contributed by atoms with Gasteiger partial charge in [-0.1, -0.05) is 38.1 Å². The molecule has 0 saturated heterocycles. The van der Waals surface area contributed by atoms with Gasteiger partial charge in [0.05, 0.1) is 13.1 Å². The number of nitrogens with one attached hydrogen (secondary N) is 2. The highest BCUT2D eigenvalue weighted by atomic mass is 15.1. The molecule has 0 unspecified atom stereocenters. The highest BCUT2D eigenvalue weighted by Gasteiger charge is 1.97. The van der Waals surface area contributed by atoms with Crippen molar-refractivity contribution in [2.24, 2.45) is 21.5 Å². The number of hydrogen-bond donors (Lipinski definition) is 4. The molecule has 1 aromatic carbocycles. The van der Waals surface area contributed by atoms with Crippen molar-refractivity contribution in [2.75, 3.05) is 13.1 Å². The van der Waals surface area contributed by atoms with Gasteiger partial charge in [-0.3, -0.25) is 0 Å². The van der Waals surface area contributed by atoms with Crippen molar-refractivity contribution in [1.82, 2.24) is 10.6 Å². The molecule has 22 heavy (non-hydrogen) atoms. The van der Waals surface area contributed by atoms with Crippen LogP contribution in [0.15, 0.2) is 34.3 Å². The first-order valence-electron chi connectivity index (χ1n) is 7.81. The van der Waals surface area contributed by atoms with Gasteiger partial charge in [-0.05, 0) is 24.0 Å². The minimum atomic E-state index is 0.485. The largest absolute Gasteiger partial charge is 0.370 e. The van der Waals surface area contributed by atoms with Gasteiger partial charge < -0.3 is 22.1 Å². The van der Waals surface area contributed by atoms with Crippen LogP contribution in [-0.4, -0.2) is 25.0 Å². The van der Waals surface area contributed by atoms with Crippen molar-refractivity contribution >= 4 is 11.9 Å². The zero-order chi connectivity index (χ0) is 16.2. The molecule has 1 rings (SSSR count). The first kappa shape index (κ1) is 17.8. The predicted molar refractivity (Wildman–Crippen MR) is 93.7 cm³/mol. The summed E-state index contributed by atoms with van der Waals surface area (Å²) in [6.07, 6.45) is 2.05. The molecular formula is C16H28N6. The van der Waals surface area contributed by atoms with Crippen LogP contribution in [0.2, 0.25) is 0 Å². The molecule has 0 fully saturated rings. The molecule has 0 heterocycles. The van der Waals surface area contributed by atoms with Crippen LogP contribution < -0.4 is 22.1 Å². The maximum Gasteiger partial charge on any atom is 0.188 e. The standard InChI is InChI=1S/C16H28N6/c1-3-8-19-15(17)21-11-13-6-5-7-14(10-13)12-22-16(18)20-9-4-2/h5-7,10H,3-4,8-9,11-12H2,1-2H3,(H3,17,19,21)(H3,18,20,22). The first-order valence-corrected chi connectivity index (χ1v) is 7.81. The minimum Gasteiger partial charge on any atom is -0.370 e. The zero-order valence-corrected chi connectivity index (χ0v) is 13.6. The Hall–Kier alpha value is -2.24. The van der Waals surface area contributed by atoms with Crippen molar-refractivity contribution < 1.29 is 0 Å². The summed E-state index contributed by atoms with van der Waals surface area (Å²) >= 11 is 0. The van der Waals surface area contributed by atoms with Crippen molar-refractivity contribution in [2.45, 2.75) is 39.8 Å². The molecule has 0 aliphatic heterocycles. The number of nitrogens with zero attached hydrogens (tertiary/aromatic N) is 2. The van der Waals surface area contributed by atoms with E-state index in [9.17, 15) is 0 Å². The van der Waals surface area contributed by atoms with Gasteiger partial charge in [0.2, 0.25) is 0 Å². The lowest BCUT2D eigenvalue weighted by atomic mass is 10.1. The molecule has 0 aromatic heterocycles. The Labute approximate surface area is 133 Å². The van der Waals surface area contributed by atoms with Crippen LogP contribution >= 0.6 is 0 Å². The van der Waals surface area contributed by atoms with Crippen LogP contribution in [0, 0.1) is 0 Å². The number of aliphatic imine (C=N–C) groups is 2. The Bertz CT molecular complexity index is 454. The average Bonchev–Trinajstić information content (AvgIpc) is 2.54. The topological polar surface area (TPSA) is 101 Å². The molecule has 0 atom stereocenters. The Morgan fingerprint density at radius 2 is 1.36 bits per heavy atom. The van der Waals surface area contributed by atoms with Gasteiger partial charge in [0.15, 0.2) is 11.9 Å². The third-order valence-electron chi connectivity index (χ3n) is 2.97. The van der Waals surface area contributed by atoms with E-state index in [-0.39, 0.29) is 0 Å². The third kappa shape index (κ3) is 7.52. The van der Waals surface area contributed by atoms with E-state index in [2.05, 4.69) is 40.5 Å². The number of nitrogens with two attached hydrogens (primary N) is 2. The Balaban J connectivity index is 2.55. The molecule has 6 N–H and O–H groups in total. The molecule has 6 nitrogen and oxygen atoms in total. The summed E-state index contributed by atoms with van der Waals surface area (Å²) in [6.45, 7) is 6.98. The van der Waals surface area contributed by atoms with Gasteiger partial charge in [-0.2, -0.15) is 0 Å². The van der Waals surface area contributed by atoms with Crippen molar-refractivity contribution in [3.05, 3.63) is 35.4 Å². The fraction of sp³-hybridized carbons (Fsp3) is 0.500. The molecule has 0 aliphatic carbocycles. The molecule has 0 saturated carbocycles. The SMILES string of the molecule is CCCNC(N)=NCc1cccc(CN=C(N)NCCC)c1. The van der Waals surface area contributed by atoms with E-state index in [1.165, 1.54) is 0 Å². The summed E-state index contributed by atoms with van der Waals surface area (Å²) in [5.74, 6) is 0.969. The smallest absolute Gasteiger partial charge is 0.188 e. The van der Waals surface area contributed by atoms with E-state index in [1.54, 1.807) is 0 Å². The second-order valence-electron chi connectivity index (χ2n) is 5.08. The van der Waals surface area contributed by atoms with Gasteiger partial charge in [-0.25, -0.2) is 9.98 Å². The van der Waals surface area contributed by atoms with E-state index in [4.69, 9.17) is 11.5 Å². The molecule has 1 aromatic rings. The van der Waals surface area contributed by atoms with Crippen molar-refractivity contribution in [3.8, 4) is 0 Å². The minimum absolute atomic E-state index is 0.485. The monoisotopic (exact) mass is 304 g/mol. The number of guanidine groups is 2. The third-order valence-corrected chi connectivity index (χ3v) is 2.97. The molecule has 122 valence electrons. The number of rotatable bonds is 8. The van der Waals surface area contributed by atoms with Crippen LogP contribution in [0.3, 0.4) is 0 Å². The number of hydrogen-bond acceptors (Lipinski definition) is 2. The Morgan fingerprint density at radius 3 is 1.77 bits per heavy atom. The van der Waals surface area contributed by atoms with Crippen LogP contribution in [0.4, 0.5) is 0 Å². The van der Waals surface area contributed by atoms with Crippen molar-refractivity contribution in [3.63, 3.8) is 0 Å². The van der Waals surface area contributed by atoms with Crippen molar-refractivity contribution in [1.29, 1.82) is 0 Å². The zero-order valence-electron chi connectivity index (χ0n) is 13.6. The predicted octanol–water partition coefficient (Wildman–Crippen LogP) is 1.32. The Kier molecular flexibility index (Phi) is 8.49. The summed E-state index contributed by atoms with van der Waals surface area (Å²) in [6, 6.07) is 8.14. The lowest BCUT2D eigenvalue weighted by Crippen LogP contribution is -2.32. The summed E-state index contributed by atoms with van der Waals surface area (Å²) in [4.78, 5) is 8.64. The van der Waals surface area contributed by atoms with Gasteiger partial charge in [0, 0.05) is 13.1 Å². The lowest BCUT2D eigenvalue weighted by molar-refractivity contribution is 0.824. The second kappa shape index (κ2) is 10.5. The van der Waals surface area contributed by atoms with E-state index in [0.29, 0.717) is 25.0 Å².